The maximum absolute atomic E-state index is 12.7. The highest BCUT2D eigenvalue weighted by atomic mass is 32.2. The Morgan fingerprint density at radius 3 is 2.53 bits per heavy atom. The van der Waals surface area contributed by atoms with E-state index in [9.17, 15) is 18.5 Å². The van der Waals surface area contributed by atoms with Crippen molar-refractivity contribution in [3.8, 4) is 5.82 Å². The molecule has 0 atom stereocenters. The number of sulfonamides is 1. The first-order valence-corrected chi connectivity index (χ1v) is 10.8. The Balaban J connectivity index is 1.80. The molecule has 0 bridgehead atoms. The minimum absolute atomic E-state index is 0.103. The Morgan fingerprint density at radius 1 is 1.20 bits per heavy atom. The Hall–Kier alpha value is -3.31. The summed E-state index contributed by atoms with van der Waals surface area (Å²) in [4.78, 5) is 15.2. The Kier molecular flexibility index (Phi) is 6.43. The second-order valence-corrected chi connectivity index (χ2v) is 8.29. The van der Waals surface area contributed by atoms with Crippen molar-refractivity contribution in [1.29, 1.82) is 0 Å². The lowest BCUT2D eigenvalue weighted by Gasteiger charge is -2.18. The van der Waals surface area contributed by atoms with Gasteiger partial charge in [-0.1, -0.05) is 19.9 Å². The highest BCUT2D eigenvalue weighted by molar-refractivity contribution is 7.89. The molecule has 0 aliphatic carbocycles. The van der Waals surface area contributed by atoms with Gasteiger partial charge in [-0.3, -0.25) is 10.1 Å². The third kappa shape index (κ3) is 4.47. The van der Waals surface area contributed by atoms with E-state index in [1.807, 2.05) is 6.07 Å². The van der Waals surface area contributed by atoms with Crippen molar-refractivity contribution in [2.75, 3.05) is 18.4 Å². The SMILES string of the molecule is CCN(CC)S(=O)(=O)c1ccc(NCc2ccc(-n3cccn3)nc2)c([N+](=O)[O-])c1. The van der Waals surface area contributed by atoms with Crippen LogP contribution in [-0.2, 0) is 16.6 Å². The smallest absolute Gasteiger partial charge is 0.293 e. The quantitative estimate of drug-likeness (QED) is 0.409. The van der Waals surface area contributed by atoms with E-state index in [4.69, 9.17) is 0 Å². The summed E-state index contributed by atoms with van der Waals surface area (Å²) in [6.45, 7) is 4.30. The average molecular weight is 430 g/mol. The molecule has 0 aliphatic rings. The molecule has 0 radical (unpaired) electrons. The van der Waals surface area contributed by atoms with E-state index in [1.165, 1.54) is 16.4 Å². The fourth-order valence-electron chi connectivity index (χ4n) is 2.94. The van der Waals surface area contributed by atoms with Gasteiger partial charge in [0.1, 0.15) is 5.69 Å². The predicted octanol–water partition coefficient (Wildman–Crippen LogP) is 2.82. The van der Waals surface area contributed by atoms with E-state index in [-0.39, 0.29) is 35.9 Å². The van der Waals surface area contributed by atoms with Crippen LogP contribution in [0.3, 0.4) is 0 Å². The standard InChI is InChI=1S/C19H22N6O4S/c1-3-23(4-2)30(28,29)16-7-8-17(18(12-16)25(26)27)20-13-15-6-9-19(21-14-15)24-11-5-10-22-24/h5-12,14,20H,3-4,13H2,1-2H3. The maximum atomic E-state index is 12.7. The first-order chi connectivity index (χ1) is 14.4. The molecular formula is C19H22N6O4S. The van der Waals surface area contributed by atoms with Gasteiger partial charge in [-0.05, 0) is 29.8 Å². The molecule has 1 N–H and O–H groups in total. The van der Waals surface area contributed by atoms with Crippen LogP contribution in [0.25, 0.3) is 5.82 Å². The molecule has 2 aromatic heterocycles. The highest BCUT2D eigenvalue weighted by Crippen LogP contribution is 2.29. The zero-order valence-electron chi connectivity index (χ0n) is 16.6. The molecule has 0 saturated carbocycles. The minimum atomic E-state index is -3.78. The molecule has 158 valence electrons. The molecule has 10 nitrogen and oxygen atoms in total. The van der Waals surface area contributed by atoms with Crippen molar-refractivity contribution in [3.05, 3.63) is 70.7 Å². The van der Waals surface area contributed by atoms with Crippen LogP contribution in [0.15, 0.2) is 59.9 Å². The molecule has 30 heavy (non-hydrogen) atoms. The third-order valence-electron chi connectivity index (χ3n) is 4.54. The molecule has 3 rings (SSSR count). The number of nitro groups is 1. The van der Waals surface area contributed by atoms with Gasteiger partial charge in [0.2, 0.25) is 10.0 Å². The molecule has 0 spiro atoms. The number of benzene rings is 1. The van der Waals surface area contributed by atoms with E-state index in [0.717, 1.165) is 11.6 Å². The van der Waals surface area contributed by atoms with Crippen molar-refractivity contribution >= 4 is 21.4 Å². The molecule has 0 aliphatic heterocycles. The monoisotopic (exact) mass is 430 g/mol. The summed E-state index contributed by atoms with van der Waals surface area (Å²) in [7, 11) is -3.78. The van der Waals surface area contributed by atoms with Crippen LogP contribution in [0.1, 0.15) is 19.4 Å². The van der Waals surface area contributed by atoms with Crippen molar-refractivity contribution in [2.45, 2.75) is 25.3 Å². The van der Waals surface area contributed by atoms with Gasteiger partial charge < -0.3 is 5.32 Å². The summed E-state index contributed by atoms with van der Waals surface area (Å²) in [6.07, 6.45) is 5.08. The fourth-order valence-corrected chi connectivity index (χ4v) is 4.42. The fraction of sp³-hybridized carbons (Fsp3) is 0.263. The average Bonchev–Trinajstić information content (AvgIpc) is 3.28. The van der Waals surface area contributed by atoms with Crippen LogP contribution in [0.4, 0.5) is 11.4 Å². The van der Waals surface area contributed by atoms with E-state index in [0.29, 0.717) is 5.82 Å². The first-order valence-electron chi connectivity index (χ1n) is 9.34. The number of aromatic nitrogens is 3. The second kappa shape index (κ2) is 9.01. The molecule has 1 aromatic carbocycles. The zero-order chi connectivity index (χ0) is 21.7. The van der Waals surface area contributed by atoms with Gasteiger partial charge in [-0.15, -0.1) is 0 Å². The summed E-state index contributed by atoms with van der Waals surface area (Å²) in [5.41, 5.74) is 0.735. The number of anilines is 1. The Morgan fingerprint density at radius 2 is 1.97 bits per heavy atom. The Labute approximate surface area is 174 Å². The van der Waals surface area contributed by atoms with Crippen LogP contribution in [0.2, 0.25) is 0 Å². The van der Waals surface area contributed by atoms with E-state index in [1.54, 1.807) is 49.3 Å². The van der Waals surface area contributed by atoms with Crippen molar-refractivity contribution < 1.29 is 13.3 Å². The van der Waals surface area contributed by atoms with E-state index >= 15 is 0 Å². The second-order valence-electron chi connectivity index (χ2n) is 6.35. The molecule has 3 aromatic rings. The van der Waals surface area contributed by atoms with Gasteiger partial charge in [0.05, 0.1) is 9.82 Å². The van der Waals surface area contributed by atoms with Gasteiger partial charge in [-0.25, -0.2) is 18.1 Å². The lowest BCUT2D eigenvalue weighted by Crippen LogP contribution is -2.30. The van der Waals surface area contributed by atoms with Crippen molar-refractivity contribution in [2.24, 2.45) is 0 Å². The summed E-state index contributed by atoms with van der Waals surface area (Å²) in [6, 6.07) is 9.30. The number of hydrogen-bond acceptors (Lipinski definition) is 7. The van der Waals surface area contributed by atoms with Gasteiger partial charge in [0.15, 0.2) is 5.82 Å². The molecule has 11 heteroatoms. The maximum Gasteiger partial charge on any atom is 0.293 e. The summed E-state index contributed by atoms with van der Waals surface area (Å²) in [5.74, 6) is 0.653. The van der Waals surface area contributed by atoms with Crippen molar-refractivity contribution in [1.82, 2.24) is 19.1 Å². The van der Waals surface area contributed by atoms with E-state index in [2.05, 4.69) is 15.4 Å². The molecule has 2 heterocycles. The molecule has 0 saturated heterocycles. The van der Waals surface area contributed by atoms with Crippen LogP contribution in [0.5, 0.6) is 0 Å². The van der Waals surface area contributed by atoms with E-state index < -0.39 is 14.9 Å². The van der Waals surface area contributed by atoms with Crippen LogP contribution in [0, 0.1) is 10.1 Å². The molecule has 0 amide bonds. The summed E-state index contributed by atoms with van der Waals surface area (Å²) in [5, 5.41) is 18.6. The lowest BCUT2D eigenvalue weighted by atomic mass is 10.2. The normalized spacial score (nSPS) is 11.6. The Bertz CT molecular complexity index is 1110. The van der Waals surface area contributed by atoms with Crippen molar-refractivity contribution in [3.63, 3.8) is 0 Å². The minimum Gasteiger partial charge on any atom is -0.375 e. The first kappa shape index (κ1) is 21.4. The zero-order valence-corrected chi connectivity index (χ0v) is 17.4. The lowest BCUT2D eigenvalue weighted by molar-refractivity contribution is -0.384. The van der Waals surface area contributed by atoms with Gasteiger partial charge in [0.25, 0.3) is 5.69 Å². The number of rotatable bonds is 9. The topological polar surface area (TPSA) is 123 Å². The number of nitrogens with one attached hydrogen (secondary N) is 1. The van der Waals surface area contributed by atoms with Crippen LogP contribution < -0.4 is 5.32 Å². The van der Waals surface area contributed by atoms with Gasteiger partial charge >= 0.3 is 0 Å². The molecule has 0 fully saturated rings. The predicted molar refractivity (Wildman–Crippen MR) is 112 cm³/mol. The number of nitrogens with zero attached hydrogens (tertiary/aromatic N) is 5. The number of nitro benzene ring substituents is 1. The molecule has 0 unspecified atom stereocenters. The van der Waals surface area contributed by atoms with Crippen LogP contribution >= 0.6 is 0 Å². The van der Waals surface area contributed by atoms with Crippen LogP contribution in [-0.4, -0.2) is 45.5 Å². The number of pyridine rings is 1. The molecular weight excluding hydrogens is 408 g/mol. The highest BCUT2D eigenvalue weighted by Gasteiger charge is 2.25. The largest absolute Gasteiger partial charge is 0.375 e. The summed E-state index contributed by atoms with van der Waals surface area (Å²) < 4.78 is 28.2. The van der Waals surface area contributed by atoms with Gasteiger partial charge in [-0.2, -0.15) is 9.40 Å². The third-order valence-corrected chi connectivity index (χ3v) is 6.59. The van der Waals surface area contributed by atoms with Gasteiger partial charge in [0, 0.05) is 44.3 Å². The number of hydrogen-bond donors (Lipinski definition) is 1. The summed E-state index contributed by atoms with van der Waals surface area (Å²) >= 11 is 0.